The monoisotopic (exact) mass is 220 g/mol. The standard InChI is InChI=1S/C12H16N2O2/c1-7-2-5-10-9(6-7)11(14-16-10)12(15)13-8-3-4-8/h7-8H,2-6H2,1H3,(H,13,15)/t7-/m1/s1. The molecule has 3 rings (SSSR count). The Balaban J connectivity index is 1.83. The number of fused-ring (bicyclic) bond motifs is 1. The van der Waals surface area contributed by atoms with Gasteiger partial charge in [0, 0.05) is 18.0 Å². The summed E-state index contributed by atoms with van der Waals surface area (Å²) in [6.45, 7) is 2.21. The van der Waals surface area contributed by atoms with E-state index in [2.05, 4.69) is 17.4 Å². The van der Waals surface area contributed by atoms with E-state index in [0.717, 1.165) is 43.4 Å². The van der Waals surface area contributed by atoms with Crippen molar-refractivity contribution in [1.29, 1.82) is 0 Å². The average molecular weight is 220 g/mol. The highest BCUT2D eigenvalue weighted by Crippen LogP contribution is 2.28. The molecule has 4 nitrogen and oxygen atoms in total. The Hall–Kier alpha value is -1.32. The minimum Gasteiger partial charge on any atom is -0.360 e. The highest BCUT2D eigenvalue weighted by Gasteiger charge is 2.30. The van der Waals surface area contributed by atoms with Crippen molar-refractivity contribution >= 4 is 5.91 Å². The Morgan fingerprint density at radius 3 is 3.00 bits per heavy atom. The molecule has 1 aromatic rings. The number of hydrogen-bond donors (Lipinski definition) is 1. The molecule has 0 aliphatic heterocycles. The van der Waals surface area contributed by atoms with Gasteiger partial charge in [-0.1, -0.05) is 12.1 Å². The zero-order chi connectivity index (χ0) is 11.1. The van der Waals surface area contributed by atoms with E-state index in [1.54, 1.807) is 0 Å². The molecule has 2 aliphatic rings. The first-order valence-electron chi connectivity index (χ1n) is 6.02. The van der Waals surface area contributed by atoms with Gasteiger partial charge in [0.25, 0.3) is 5.91 Å². The molecule has 2 aliphatic carbocycles. The van der Waals surface area contributed by atoms with Gasteiger partial charge < -0.3 is 9.84 Å². The second-order valence-electron chi connectivity index (χ2n) is 5.03. The minimum atomic E-state index is -0.0541. The fraction of sp³-hybridized carbons (Fsp3) is 0.667. The van der Waals surface area contributed by atoms with Crippen LogP contribution in [0.25, 0.3) is 0 Å². The molecule has 4 heteroatoms. The van der Waals surface area contributed by atoms with Gasteiger partial charge in [0.2, 0.25) is 0 Å². The molecule has 0 bridgehead atoms. The Kier molecular flexibility index (Phi) is 2.23. The van der Waals surface area contributed by atoms with Crippen molar-refractivity contribution < 1.29 is 9.32 Å². The van der Waals surface area contributed by atoms with Crippen LogP contribution in [0.2, 0.25) is 0 Å². The summed E-state index contributed by atoms with van der Waals surface area (Å²) in [5.74, 6) is 1.49. The molecule has 1 aromatic heterocycles. The largest absolute Gasteiger partial charge is 0.360 e. The molecule has 1 atom stereocenters. The number of amides is 1. The molecule has 0 spiro atoms. The second kappa shape index (κ2) is 3.61. The number of carbonyl (C=O) groups is 1. The predicted octanol–water partition coefficient (Wildman–Crippen LogP) is 1.69. The third kappa shape index (κ3) is 1.72. The summed E-state index contributed by atoms with van der Waals surface area (Å²) in [5, 5.41) is 6.89. The number of aromatic nitrogens is 1. The van der Waals surface area contributed by atoms with Crippen molar-refractivity contribution in [3.8, 4) is 0 Å². The van der Waals surface area contributed by atoms with E-state index in [9.17, 15) is 4.79 Å². The van der Waals surface area contributed by atoms with Gasteiger partial charge >= 0.3 is 0 Å². The summed E-state index contributed by atoms with van der Waals surface area (Å²) in [7, 11) is 0. The van der Waals surface area contributed by atoms with Crippen LogP contribution in [-0.2, 0) is 12.8 Å². The lowest BCUT2D eigenvalue weighted by atomic mass is 9.88. The summed E-state index contributed by atoms with van der Waals surface area (Å²) in [5.41, 5.74) is 1.56. The summed E-state index contributed by atoms with van der Waals surface area (Å²) < 4.78 is 5.25. The molecule has 0 radical (unpaired) electrons. The minimum absolute atomic E-state index is 0.0541. The van der Waals surface area contributed by atoms with Gasteiger partial charge in [-0.25, -0.2) is 0 Å². The summed E-state index contributed by atoms with van der Waals surface area (Å²) in [6, 6.07) is 0.376. The van der Waals surface area contributed by atoms with Crippen LogP contribution in [0.5, 0.6) is 0 Å². The number of hydrogen-bond acceptors (Lipinski definition) is 3. The zero-order valence-electron chi connectivity index (χ0n) is 9.45. The number of carbonyl (C=O) groups excluding carboxylic acids is 1. The van der Waals surface area contributed by atoms with E-state index in [1.165, 1.54) is 0 Å². The van der Waals surface area contributed by atoms with E-state index >= 15 is 0 Å². The molecule has 1 heterocycles. The summed E-state index contributed by atoms with van der Waals surface area (Å²) in [4.78, 5) is 11.9. The van der Waals surface area contributed by atoms with Crippen molar-refractivity contribution in [2.75, 3.05) is 0 Å². The van der Waals surface area contributed by atoms with Crippen LogP contribution in [-0.4, -0.2) is 17.1 Å². The van der Waals surface area contributed by atoms with Crippen molar-refractivity contribution in [3.05, 3.63) is 17.0 Å². The maximum absolute atomic E-state index is 11.9. The van der Waals surface area contributed by atoms with Crippen LogP contribution in [0.4, 0.5) is 0 Å². The van der Waals surface area contributed by atoms with Crippen LogP contribution in [0, 0.1) is 5.92 Å². The Bertz CT molecular complexity index is 421. The van der Waals surface area contributed by atoms with E-state index in [0.29, 0.717) is 17.7 Å². The van der Waals surface area contributed by atoms with Gasteiger partial charge in [0.05, 0.1) is 0 Å². The Morgan fingerprint density at radius 1 is 1.44 bits per heavy atom. The first kappa shape index (κ1) is 9.87. The number of rotatable bonds is 2. The highest BCUT2D eigenvalue weighted by atomic mass is 16.5. The third-order valence-corrected chi connectivity index (χ3v) is 3.41. The van der Waals surface area contributed by atoms with Crippen LogP contribution in [0.1, 0.15) is 48.0 Å². The number of aryl methyl sites for hydroxylation is 1. The lowest BCUT2D eigenvalue weighted by molar-refractivity contribution is 0.0941. The maximum Gasteiger partial charge on any atom is 0.273 e. The molecule has 1 saturated carbocycles. The third-order valence-electron chi connectivity index (χ3n) is 3.41. The molecule has 0 aromatic carbocycles. The lowest BCUT2D eigenvalue weighted by Gasteiger charge is -2.16. The normalized spacial score (nSPS) is 23.9. The van der Waals surface area contributed by atoms with Gasteiger partial charge in [-0.2, -0.15) is 0 Å². The molecular formula is C12H16N2O2. The Morgan fingerprint density at radius 2 is 2.25 bits per heavy atom. The van der Waals surface area contributed by atoms with Crippen molar-refractivity contribution in [2.24, 2.45) is 5.92 Å². The molecule has 1 N–H and O–H groups in total. The number of nitrogens with one attached hydrogen (secondary N) is 1. The van der Waals surface area contributed by atoms with Crippen LogP contribution in [0.3, 0.4) is 0 Å². The fourth-order valence-corrected chi connectivity index (χ4v) is 2.24. The molecule has 0 unspecified atom stereocenters. The molecule has 1 fully saturated rings. The van der Waals surface area contributed by atoms with Crippen molar-refractivity contribution in [1.82, 2.24) is 10.5 Å². The van der Waals surface area contributed by atoms with Gasteiger partial charge in [-0.05, 0) is 31.6 Å². The zero-order valence-corrected chi connectivity index (χ0v) is 9.45. The molecule has 1 amide bonds. The highest BCUT2D eigenvalue weighted by molar-refractivity contribution is 5.94. The average Bonchev–Trinajstić information content (AvgIpc) is 2.96. The summed E-state index contributed by atoms with van der Waals surface area (Å²) >= 11 is 0. The van der Waals surface area contributed by atoms with Crippen molar-refractivity contribution in [3.63, 3.8) is 0 Å². The smallest absolute Gasteiger partial charge is 0.273 e. The van der Waals surface area contributed by atoms with E-state index < -0.39 is 0 Å². The number of nitrogens with zero attached hydrogens (tertiary/aromatic N) is 1. The lowest BCUT2D eigenvalue weighted by Crippen LogP contribution is -2.27. The molecule has 0 saturated heterocycles. The molecule has 16 heavy (non-hydrogen) atoms. The maximum atomic E-state index is 11.9. The van der Waals surface area contributed by atoms with Gasteiger partial charge in [-0.3, -0.25) is 4.79 Å². The van der Waals surface area contributed by atoms with Crippen LogP contribution >= 0.6 is 0 Å². The second-order valence-corrected chi connectivity index (χ2v) is 5.03. The molecule has 86 valence electrons. The van der Waals surface area contributed by atoms with Crippen LogP contribution in [0.15, 0.2) is 4.52 Å². The first-order valence-corrected chi connectivity index (χ1v) is 6.02. The predicted molar refractivity (Wildman–Crippen MR) is 58.2 cm³/mol. The van der Waals surface area contributed by atoms with Gasteiger partial charge in [-0.15, -0.1) is 0 Å². The van der Waals surface area contributed by atoms with E-state index in [1.807, 2.05) is 0 Å². The van der Waals surface area contributed by atoms with E-state index in [4.69, 9.17) is 4.52 Å². The Labute approximate surface area is 94.4 Å². The fourth-order valence-electron chi connectivity index (χ4n) is 2.24. The van der Waals surface area contributed by atoms with Crippen molar-refractivity contribution in [2.45, 2.75) is 45.1 Å². The summed E-state index contributed by atoms with van der Waals surface area (Å²) in [6.07, 6.45) is 5.17. The molecular weight excluding hydrogens is 204 g/mol. The topological polar surface area (TPSA) is 55.1 Å². The van der Waals surface area contributed by atoms with Gasteiger partial charge in [0.15, 0.2) is 5.69 Å². The SMILES string of the molecule is C[C@@H]1CCc2onc(C(=O)NC3CC3)c2C1. The van der Waals surface area contributed by atoms with E-state index in [-0.39, 0.29) is 5.91 Å². The first-order chi connectivity index (χ1) is 7.74. The van der Waals surface area contributed by atoms with Crippen LogP contribution < -0.4 is 5.32 Å². The quantitative estimate of drug-likeness (QED) is 0.825. The van der Waals surface area contributed by atoms with Gasteiger partial charge in [0.1, 0.15) is 5.76 Å².